The molecule has 0 aliphatic heterocycles. The maximum absolute atomic E-state index is 13.0. The molecule has 1 saturated carbocycles. The molecule has 1 aromatic carbocycles. The van der Waals surface area contributed by atoms with Crippen molar-refractivity contribution in [2.45, 2.75) is 24.3 Å². The van der Waals surface area contributed by atoms with Crippen LogP contribution in [0.5, 0.6) is 5.75 Å². The van der Waals surface area contributed by atoms with Crippen molar-refractivity contribution in [2.24, 2.45) is 0 Å². The number of rotatable bonds is 3. The summed E-state index contributed by atoms with van der Waals surface area (Å²) in [5.41, 5.74) is 0.317. The van der Waals surface area contributed by atoms with Crippen LogP contribution in [0.4, 0.5) is 8.78 Å². The van der Waals surface area contributed by atoms with Gasteiger partial charge in [-0.25, -0.2) is 8.78 Å². The highest BCUT2D eigenvalue weighted by molar-refractivity contribution is 5.34. The first-order valence-electron chi connectivity index (χ1n) is 5.23. The lowest BCUT2D eigenvalue weighted by molar-refractivity contribution is -0.135. The molecule has 1 fully saturated rings. The van der Waals surface area contributed by atoms with Gasteiger partial charge in [-0.1, -0.05) is 12.1 Å². The standard InChI is InChI=1S/C12H15F2NO/c1-15-11(7-12(13,14)8-11)9-3-5-10(16-2)6-4-9/h3-6,15H,7-8H2,1-2H3. The van der Waals surface area contributed by atoms with Crippen LogP contribution in [0.3, 0.4) is 0 Å². The average molecular weight is 227 g/mol. The van der Waals surface area contributed by atoms with Gasteiger partial charge in [0, 0.05) is 12.8 Å². The number of methoxy groups -OCH3 is 1. The quantitative estimate of drug-likeness (QED) is 0.856. The van der Waals surface area contributed by atoms with Gasteiger partial charge in [0.1, 0.15) is 5.75 Å². The van der Waals surface area contributed by atoms with Crippen LogP contribution in [0.1, 0.15) is 18.4 Å². The third-order valence-corrected chi connectivity index (χ3v) is 3.24. The van der Waals surface area contributed by atoms with Crippen LogP contribution >= 0.6 is 0 Å². The number of alkyl halides is 2. The number of benzene rings is 1. The molecule has 0 saturated heterocycles. The van der Waals surface area contributed by atoms with Crippen molar-refractivity contribution in [2.75, 3.05) is 14.2 Å². The Kier molecular flexibility index (Phi) is 2.62. The summed E-state index contributed by atoms with van der Waals surface area (Å²) in [5, 5.41) is 3.00. The fraction of sp³-hybridized carbons (Fsp3) is 0.500. The number of nitrogens with one attached hydrogen (secondary N) is 1. The predicted octanol–water partition coefficient (Wildman–Crippen LogP) is 2.54. The third-order valence-electron chi connectivity index (χ3n) is 3.24. The predicted molar refractivity (Wildman–Crippen MR) is 57.9 cm³/mol. The van der Waals surface area contributed by atoms with Crippen molar-refractivity contribution in [3.63, 3.8) is 0 Å². The first-order chi connectivity index (χ1) is 7.51. The van der Waals surface area contributed by atoms with Crippen molar-refractivity contribution in [1.82, 2.24) is 5.32 Å². The van der Waals surface area contributed by atoms with E-state index in [1.54, 1.807) is 26.3 Å². The maximum atomic E-state index is 13.0. The molecule has 0 spiro atoms. The van der Waals surface area contributed by atoms with Crippen molar-refractivity contribution in [3.8, 4) is 5.75 Å². The molecule has 1 aromatic rings. The average Bonchev–Trinajstić information content (AvgIpc) is 2.25. The molecule has 0 bridgehead atoms. The van der Waals surface area contributed by atoms with E-state index in [-0.39, 0.29) is 12.8 Å². The van der Waals surface area contributed by atoms with Gasteiger partial charge < -0.3 is 10.1 Å². The van der Waals surface area contributed by atoms with Gasteiger partial charge in [-0.15, -0.1) is 0 Å². The van der Waals surface area contributed by atoms with Gasteiger partial charge in [-0.05, 0) is 24.7 Å². The normalized spacial score (nSPS) is 21.2. The van der Waals surface area contributed by atoms with Gasteiger partial charge in [0.25, 0.3) is 5.92 Å². The van der Waals surface area contributed by atoms with E-state index in [4.69, 9.17) is 4.74 Å². The van der Waals surface area contributed by atoms with Crippen molar-refractivity contribution < 1.29 is 13.5 Å². The second-order valence-corrected chi connectivity index (χ2v) is 4.27. The van der Waals surface area contributed by atoms with Gasteiger partial charge in [0.05, 0.1) is 12.6 Å². The van der Waals surface area contributed by atoms with Crippen LogP contribution < -0.4 is 10.1 Å². The first kappa shape index (κ1) is 11.3. The Morgan fingerprint density at radius 1 is 1.19 bits per heavy atom. The molecule has 2 nitrogen and oxygen atoms in total. The molecule has 0 aromatic heterocycles. The largest absolute Gasteiger partial charge is 0.497 e. The molecule has 2 rings (SSSR count). The monoisotopic (exact) mass is 227 g/mol. The van der Waals surface area contributed by atoms with Crippen LogP contribution in [0, 0.1) is 0 Å². The van der Waals surface area contributed by atoms with Crippen LogP contribution in [-0.4, -0.2) is 20.1 Å². The minimum atomic E-state index is -2.54. The van der Waals surface area contributed by atoms with Crippen LogP contribution in [0.25, 0.3) is 0 Å². The Bertz CT molecular complexity index is 367. The van der Waals surface area contributed by atoms with Crippen LogP contribution in [0.15, 0.2) is 24.3 Å². The van der Waals surface area contributed by atoms with Crippen molar-refractivity contribution in [3.05, 3.63) is 29.8 Å². The van der Waals surface area contributed by atoms with E-state index in [2.05, 4.69) is 5.32 Å². The summed E-state index contributed by atoms with van der Waals surface area (Å²) in [6.45, 7) is 0. The molecule has 16 heavy (non-hydrogen) atoms. The summed E-state index contributed by atoms with van der Waals surface area (Å²) in [7, 11) is 3.31. The van der Waals surface area contributed by atoms with Gasteiger partial charge in [-0.2, -0.15) is 0 Å². The molecule has 0 unspecified atom stereocenters. The number of ether oxygens (including phenoxy) is 1. The van der Waals surface area contributed by atoms with E-state index >= 15 is 0 Å². The zero-order valence-corrected chi connectivity index (χ0v) is 9.39. The molecule has 0 atom stereocenters. The summed E-state index contributed by atoms with van der Waals surface area (Å²) in [5.74, 6) is -1.80. The second kappa shape index (κ2) is 3.70. The minimum absolute atomic E-state index is 0.136. The van der Waals surface area contributed by atoms with E-state index in [0.29, 0.717) is 0 Å². The Hall–Kier alpha value is -1.16. The zero-order chi connectivity index (χ0) is 11.8. The number of hydrogen-bond donors (Lipinski definition) is 1. The molecular weight excluding hydrogens is 212 g/mol. The SMILES string of the molecule is CNC1(c2ccc(OC)cc2)CC(F)(F)C1. The molecule has 1 aliphatic rings. The zero-order valence-electron chi connectivity index (χ0n) is 9.39. The van der Waals surface area contributed by atoms with Gasteiger partial charge in [0.2, 0.25) is 0 Å². The Balaban J connectivity index is 2.22. The smallest absolute Gasteiger partial charge is 0.252 e. The molecule has 4 heteroatoms. The lowest BCUT2D eigenvalue weighted by Crippen LogP contribution is -2.57. The van der Waals surface area contributed by atoms with E-state index in [9.17, 15) is 8.78 Å². The van der Waals surface area contributed by atoms with Crippen molar-refractivity contribution in [1.29, 1.82) is 0 Å². The van der Waals surface area contributed by atoms with Crippen LogP contribution in [0.2, 0.25) is 0 Å². The second-order valence-electron chi connectivity index (χ2n) is 4.27. The first-order valence-corrected chi connectivity index (χ1v) is 5.23. The van der Waals surface area contributed by atoms with Gasteiger partial charge in [-0.3, -0.25) is 0 Å². The molecule has 0 heterocycles. The summed E-state index contributed by atoms with van der Waals surface area (Å²) in [4.78, 5) is 0. The van der Waals surface area contributed by atoms with E-state index in [0.717, 1.165) is 11.3 Å². The van der Waals surface area contributed by atoms with Gasteiger partial charge in [0.15, 0.2) is 0 Å². The molecule has 88 valence electrons. The fourth-order valence-electron chi connectivity index (χ4n) is 2.27. The lowest BCUT2D eigenvalue weighted by Gasteiger charge is -2.47. The van der Waals surface area contributed by atoms with E-state index in [1.807, 2.05) is 12.1 Å². The highest BCUT2D eigenvalue weighted by Gasteiger charge is 2.56. The van der Waals surface area contributed by atoms with Crippen molar-refractivity contribution >= 4 is 0 Å². The molecule has 0 radical (unpaired) electrons. The van der Waals surface area contributed by atoms with E-state index < -0.39 is 11.5 Å². The number of halogens is 2. The summed E-state index contributed by atoms with van der Waals surface area (Å²) < 4.78 is 31.0. The molecule has 1 aliphatic carbocycles. The number of hydrogen-bond acceptors (Lipinski definition) is 2. The topological polar surface area (TPSA) is 21.3 Å². The van der Waals surface area contributed by atoms with Crippen LogP contribution in [-0.2, 0) is 5.54 Å². The third kappa shape index (κ3) is 1.78. The fourth-order valence-corrected chi connectivity index (χ4v) is 2.27. The van der Waals surface area contributed by atoms with Gasteiger partial charge >= 0.3 is 0 Å². The molecular formula is C12H15F2NO. The Morgan fingerprint density at radius 3 is 2.12 bits per heavy atom. The maximum Gasteiger partial charge on any atom is 0.252 e. The Morgan fingerprint density at radius 2 is 1.75 bits per heavy atom. The molecule has 0 amide bonds. The van der Waals surface area contributed by atoms with E-state index in [1.165, 1.54) is 0 Å². The Labute approximate surface area is 93.6 Å². The lowest BCUT2D eigenvalue weighted by atomic mass is 9.69. The minimum Gasteiger partial charge on any atom is -0.497 e. The summed E-state index contributed by atoms with van der Waals surface area (Å²) >= 11 is 0. The molecule has 1 N–H and O–H groups in total. The summed E-state index contributed by atoms with van der Waals surface area (Å²) in [6, 6.07) is 7.27. The highest BCUT2D eigenvalue weighted by atomic mass is 19.3. The summed E-state index contributed by atoms with van der Waals surface area (Å²) in [6.07, 6.45) is -0.272. The highest BCUT2D eigenvalue weighted by Crippen LogP contribution is 2.51.